The highest BCUT2D eigenvalue weighted by Gasteiger charge is 2.32. The SMILES string of the molecule is O=S1CCC(COS(=O)(=O)OCC2COS(=O)(=O)O2)O1. The number of hydrogen-bond donors (Lipinski definition) is 0. The van der Waals surface area contributed by atoms with Crippen LogP contribution < -0.4 is 0 Å². The molecule has 118 valence electrons. The van der Waals surface area contributed by atoms with Crippen LogP contribution in [0.15, 0.2) is 0 Å². The van der Waals surface area contributed by atoms with Crippen LogP contribution in [0, 0.1) is 0 Å². The van der Waals surface area contributed by atoms with Crippen molar-refractivity contribution in [2.24, 2.45) is 0 Å². The lowest BCUT2D eigenvalue weighted by molar-refractivity contribution is 0.109. The average Bonchev–Trinajstić information content (AvgIpc) is 2.91. The molecule has 2 saturated heterocycles. The van der Waals surface area contributed by atoms with Gasteiger partial charge in [-0.1, -0.05) is 0 Å². The lowest BCUT2D eigenvalue weighted by Gasteiger charge is -2.10. The molecule has 2 heterocycles. The first-order chi connectivity index (χ1) is 9.26. The van der Waals surface area contributed by atoms with E-state index < -0.39 is 50.7 Å². The number of rotatable bonds is 6. The summed E-state index contributed by atoms with van der Waals surface area (Å²) in [5.41, 5.74) is 0. The van der Waals surface area contributed by atoms with Gasteiger partial charge < -0.3 is 0 Å². The fourth-order valence-corrected chi connectivity index (χ4v) is 3.93. The molecule has 2 rings (SSSR count). The zero-order valence-corrected chi connectivity index (χ0v) is 12.4. The second kappa shape index (κ2) is 6.31. The quantitative estimate of drug-likeness (QED) is 0.549. The molecule has 20 heavy (non-hydrogen) atoms. The molecular formula is C7H12O10S3. The topological polar surface area (TPSA) is 132 Å². The Balaban J connectivity index is 1.73. The summed E-state index contributed by atoms with van der Waals surface area (Å²) in [6.07, 6.45) is -1.21. The van der Waals surface area contributed by atoms with Gasteiger partial charge in [0.2, 0.25) is 0 Å². The van der Waals surface area contributed by atoms with E-state index in [0.29, 0.717) is 12.2 Å². The van der Waals surface area contributed by atoms with E-state index in [1.165, 1.54) is 0 Å². The molecule has 10 nitrogen and oxygen atoms in total. The molecule has 0 aromatic carbocycles. The first-order valence-corrected chi connectivity index (χ1v) is 9.34. The Kier molecular flexibility index (Phi) is 5.12. The van der Waals surface area contributed by atoms with Crippen molar-refractivity contribution in [1.29, 1.82) is 0 Å². The molecular weight excluding hydrogens is 340 g/mol. The van der Waals surface area contributed by atoms with Gasteiger partial charge in [0.15, 0.2) is 11.1 Å². The molecule has 0 aromatic rings. The van der Waals surface area contributed by atoms with E-state index in [9.17, 15) is 21.0 Å². The highest BCUT2D eigenvalue weighted by atomic mass is 32.3. The Morgan fingerprint density at radius 3 is 2.35 bits per heavy atom. The van der Waals surface area contributed by atoms with Crippen LogP contribution in [0.5, 0.6) is 0 Å². The van der Waals surface area contributed by atoms with E-state index in [-0.39, 0.29) is 13.2 Å². The molecule has 0 aliphatic carbocycles. The number of hydrogen-bond acceptors (Lipinski definition) is 10. The highest BCUT2D eigenvalue weighted by Crippen LogP contribution is 2.16. The standard InChI is InChI=1S/C7H12O10S3/c8-18-2-1-6(16-18)3-13-19(9,10)14-4-7-5-15-20(11,12)17-7/h6-7H,1-5H2. The minimum absolute atomic E-state index is 0.319. The summed E-state index contributed by atoms with van der Waals surface area (Å²) in [6, 6.07) is 0. The Labute approximate surface area is 118 Å². The van der Waals surface area contributed by atoms with E-state index in [4.69, 9.17) is 4.18 Å². The first kappa shape index (κ1) is 16.2. The van der Waals surface area contributed by atoms with Gasteiger partial charge in [0.1, 0.15) is 12.2 Å². The Bertz CT molecular complexity index is 566. The largest absolute Gasteiger partial charge is 0.400 e. The second-order valence-electron chi connectivity index (χ2n) is 3.90. The Morgan fingerprint density at radius 2 is 1.85 bits per heavy atom. The highest BCUT2D eigenvalue weighted by molar-refractivity contribution is 7.82. The molecule has 3 atom stereocenters. The lowest BCUT2D eigenvalue weighted by Crippen LogP contribution is -2.24. The molecule has 0 N–H and O–H groups in total. The van der Waals surface area contributed by atoms with Crippen LogP contribution in [0.1, 0.15) is 6.42 Å². The van der Waals surface area contributed by atoms with E-state index in [1.54, 1.807) is 0 Å². The van der Waals surface area contributed by atoms with Crippen LogP contribution in [0.3, 0.4) is 0 Å². The minimum Gasteiger partial charge on any atom is -0.285 e. The molecule has 0 aromatic heterocycles. The van der Waals surface area contributed by atoms with Crippen LogP contribution in [0.25, 0.3) is 0 Å². The van der Waals surface area contributed by atoms with Gasteiger partial charge in [0, 0.05) is 0 Å². The molecule has 0 saturated carbocycles. The van der Waals surface area contributed by atoms with Crippen LogP contribution in [-0.4, -0.2) is 58.8 Å². The van der Waals surface area contributed by atoms with Crippen molar-refractivity contribution in [2.75, 3.05) is 25.6 Å². The van der Waals surface area contributed by atoms with Crippen LogP contribution in [0.2, 0.25) is 0 Å². The monoisotopic (exact) mass is 352 g/mol. The Morgan fingerprint density at radius 1 is 1.20 bits per heavy atom. The minimum atomic E-state index is -4.32. The van der Waals surface area contributed by atoms with Crippen molar-refractivity contribution in [1.82, 2.24) is 0 Å². The summed E-state index contributed by atoms with van der Waals surface area (Å²) in [4.78, 5) is 0. The summed E-state index contributed by atoms with van der Waals surface area (Å²) in [6.45, 7) is -1.21. The fraction of sp³-hybridized carbons (Fsp3) is 1.00. The summed E-state index contributed by atoms with van der Waals surface area (Å²) in [5, 5.41) is 0. The molecule has 2 aliphatic heterocycles. The van der Waals surface area contributed by atoms with E-state index in [2.05, 4.69) is 16.7 Å². The average molecular weight is 352 g/mol. The van der Waals surface area contributed by atoms with Crippen molar-refractivity contribution >= 4 is 31.9 Å². The van der Waals surface area contributed by atoms with Crippen molar-refractivity contribution in [3.63, 3.8) is 0 Å². The maximum atomic E-state index is 11.4. The zero-order valence-electron chi connectivity index (χ0n) is 10.00. The van der Waals surface area contributed by atoms with Gasteiger partial charge >= 0.3 is 20.8 Å². The van der Waals surface area contributed by atoms with Crippen molar-refractivity contribution in [2.45, 2.75) is 18.6 Å². The normalized spacial score (nSPS) is 33.5. The summed E-state index contributed by atoms with van der Waals surface area (Å²) >= 11 is -1.41. The van der Waals surface area contributed by atoms with Gasteiger partial charge in [0.25, 0.3) is 0 Å². The summed E-state index contributed by atoms with van der Waals surface area (Å²) in [7, 11) is -8.38. The summed E-state index contributed by atoms with van der Waals surface area (Å²) < 4.78 is 77.6. The molecule has 0 bridgehead atoms. The summed E-state index contributed by atoms with van der Waals surface area (Å²) in [5.74, 6) is 0.319. The van der Waals surface area contributed by atoms with E-state index >= 15 is 0 Å². The van der Waals surface area contributed by atoms with E-state index in [1.807, 2.05) is 0 Å². The van der Waals surface area contributed by atoms with Gasteiger partial charge in [-0.15, -0.1) is 0 Å². The molecule has 2 fully saturated rings. The predicted octanol–water partition coefficient (Wildman–Crippen LogP) is -1.62. The molecule has 3 unspecified atom stereocenters. The molecule has 2 aliphatic rings. The van der Waals surface area contributed by atoms with Gasteiger partial charge in [-0.3, -0.25) is 4.18 Å². The van der Waals surface area contributed by atoms with Crippen LogP contribution >= 0.6 is 0 Å². The van der Waals surface area contributed by atoms with Gasteiger partial charge in [-0.05, 0) is 6.42 Å². The molecule has 13 heteroatoms. The predicted molar refractivity (Wildman–Crippen MR) is 63.1 cm³/mol. The first-order valence-electron chi connectivity index (χ1n) is 5.43. The van der Waals surface area contributed by atoms with Gasteiger partial charge in [-0.2, -0.15) is 16.8 Å². The van der Waals surface area contributed by atoms with Gasteiger partial charge in [0.05, 0.1) is 25.6 Å². The molecule has 0 amide bonds. The van der Waals surface area contributed by atoms with Crippen molar-refractivity contribution in [3.05, 3.63) is 0 Å². The maximum Gasteiger partial charge on any atom is 0.400 e. The third kappa shape index (κ3) is 5.00. The van der Waals surface area contributed by atoms with Crippen molar-refractivity contribution < 1.29 is 42.0 Å². The van der Waals surface area contributed by atoms with Crippen LogP contribution in [0.4, 0.5) is 0 Å². The molecule has 0 radical (unpaired) electrons. The second-order valence-corrected chi connectivity index (χ2v) is 7.64. The zero-order chi connectivity index (χ0) is 14.8. The maximum absolute atomic E-state index is 11.4. The van der Waals surface area contributed by atoms with E-state index in [0.717, 1.165) is 0 Å². The van der Waals surface area contributed by atoms with Crippen LogP contribution in [-0.2, 0) is 52.8 Å². The third-order valence-electron chi connectivity index (χ3n) is 2.30. The Hall–Kier alpha value is -0.150. The van der Waals surface area contributed by atoms with Crippen molar-refractivity contribution in [3.8, 4) is 0 Å². The van der Waals surface area contributed by atoms with Gasteiger partial charge in [-0.25, -0.2) is 20.9 Å². The fourth-order valence-electron chi connectivity index (χ4n) is 1.40. The molecule has 0 spiro atoms. The lowest BCUT2D eigenvalue weighted by atomic mass is 10.3. The smallest absolute Gasteiger partial charge is 0.285 e. The third-order valence-corrected chi connectivity index (χ3v) is 5.14.